The Bertz CT molecular complexity index is 198. The molecular formula is C7H14N4. The monoisotopic (exact) mass is 154 g/mol. The summed E-state index contributed by atoms with van der Waals surface area (Å²) in [5.74, 6) is 0.842. The molecule has 0 radical (unpaired) electrons. The summed E-state index contributed by atoms with van der Waals surface area (Å²) < 4.78 is 0. The molecule has 0 aromatic heterocycles. The van der Waals surface area contributed by atoms with E-state index in [0.717, 1.165) is 5.71 Å². The number of amidine groups is 1. The summed E-state index contributed by atoms with van der Waals surface area (Å²) >= 11 is 0. The van der Waals surface area contributed by atoms with Gasteiger partial charge in [-0.2, -0.15) is 0 Å². The van der Waals surface area contributed by atoms with Crippen LogP contribution in [0.5, 0.6) is 0 Å². The summed E-state index contributed by atoms with van der Waals surface area (Å²) in [6, 6.07) is 0. The highest BCUT2D eigenvalue weighted by molar-refractivity contribution is 5.87. The van der Waals surface area contributed by atoms with E-state index in [0.29, 0.717) is 18.2 Å². The van der Waals surface area contributed by atoms with Crippen LogP contribution in [-0.4, -0.2) is 18.1 Å². The topological polar surface area (TPSA) is 76.8 Å². The Balaban J connectivity index is 3.97. The maximum absolute atomic E-state index is 5.31. The fourth-order valence-electron chi connectivity index (χ4n) is 0.520. The van der Waals surface area contributed by atoms with Crippen LogP contribution in [0.25, 0.3) is 0 Å². The maximum Gasteiger partial charge on any atom is 0.115 e. The number of aliphatic imine (C=N–C) groups is 2. The van der Waals surface area contributed by atoms with Crippen LogP contribution in [-0.2, 0) is 0 Å². The molecule has 0 fully saturated rings. The quantitative estimate of drug-likeness (QED) is 0.451. The second kappa shape index (κ2) is 4.49. The second-order valence-electron chi connectivity index (χ2n) is 2.30. The molecule has 0 spiro atoms. The normalized spacial score (nSPS) is 13.3. The summed E-state index contributed by atoms with van der Waals surface area (Å²) in [4.78, 5) is 7.83. The zero-order valence-electron chi connectivity index (χ0n) is 6.96. The van der Waals surface area contributed by atoms with Gasteiger partial charge in [0.15, 0.2) is 0 Å². The van der Waals surface area contributed by atoms with Crippen LogP contribution >= 0.6 is 0 Å². The van der Waals surface area contributed by atoms with E-state index in [1.54, 1.807) is 6.92 Å². The number of hydrogen-bond acceptors (Lipinski definition) is 3. The van der Waals surface area contributed by atoms with E-state index in [2.05, 4.69) is 16.6 Å². The minimum Gasteiger partial charge on any atom is -0.388 e. The van der Waals surface area contributed by atoms with Gasteiger partial charge in [-0.05, 0) is 13.8 Å². The highest BCUT2D eigenvalue weighted by atomic mass is 14.9. The highest BCUT2D eigenvalue weighted by Gasteiger charge is 1.88. The lowest BCUT2D eigenvalue weighted by Crippen LogP contribution is -2.09. The summed E-state index contributed by atoms with van der Waals surface area (Å²) in [6.07, 6.45) is 0. The molecule has 4 heteroatoms. The Kier molecular flexibility index (Phi) is 3.95. The van der Waals surface area contributed by atoms with E-state index >= 15 is 0 Å². The lowest BCUT2D eigenvalue weighted by Gasteiger charge is -1.95. The van der Waals surface area contributed by atoms with Crippen LogP contribution in [0.2, 0.25) is 0 Å². The molecule has 0 saturated heterocycles. The molecule has 4 nitrogen and oxygen atoms in total. The van der Waals surface area contributed by atoms with E-state index in [1.807, 2.05) is 6.92 Å². The third kappa shape index (κ3) is 6.57. The molecule has 0 atom stereocenters. The zero-order chi connectivity index (χ0) is 8.85. The van der Waals surface area contributed by atoms with Crippen molar-refractivity contribution in [2.45, 2.75) is 13.8 Å². The van der Waals surface area contributed by atoms with Gasteiger partial charge in [0, 0.05) is 5.71 Å². The molecule has 0 aliphatic rings. The van der Waals surface area contributed by atoms with Gasteiger partial charge in [0.25, 0.3) is 0 Å². The summed E-state index contributed by atoms with van der Waals surface area (Å²) in [6.45, 7) is 7.47. The zero-order valence-corrected chi connectivity index (χ0v) is 6.96. The van der Waals surface area contributed by atoms with Crippen molar-refractivity contribution < 1.29 is 0 Å². The molecule has 0 aromatic carbocycles. The highest BCUT2D eigenvalue weighted by Crippen LogP contribution is 1.85. The SMILES string of the molecule is C=C(N)N=C(C)CN=C(C)N. The van der Waals surface area contributed by atoms with Gasteiger partial charge in [-0.1, -0.05) is 6.58 Å². The van der Waals surface area contributed by atoms with Gasteiger partial charge >= 0.3 is 0 Å². The first-order valence-corrected chi connectivity index (χ1v) is 3.27. The van der Waals surface area contributed by atoms with Crippen LogP contribution < -0.4 is 11.5 Å². The summed E-state index contributed by atoms with van der Waals surface area (Å²) in [5.41, 5.74) is 11.4. The molecule has 0 bridgehead atoms. The maximum atomic E-state index is 5.31. The van der Waals surface area contributed by atoms with Crippen LogP contribution in [0.15, 0.2) is 22.4 Å². The fraction of sp³-hybridized carbons (Fsp3) is 0.429. The van der Waals surface area contributed by atoms with Crippen molar-refractivity contribution in [3.05, 3.63) is 12.4 Å². The van der Waals surface area contributed by atoms with Crippen molar-refractivity contribution in [1.29, 1.82) is 0 Å². The van der Waals surface area contributed by atoms with Crippen molar-refractivity contribution in [3.63, 3.8) is 0 Å². The lowest BCUT2D eigenvalue weighted by atomic mass is 10.4. The molecule has 0 aromatic rings. The smallest absolute Gasteiger partial charge is 0.115 e. The molecule has 0 unspecified atom stereocenters. The summed E-state index contributed by atoms with van der Waals surface area (Å²) in [7, 11) is 0. The van der Waals surface area contributed by atoms with Crippen molar-refractivity contribution >= 4 is 11.5 Å². The molecule has 11 heavy (non-hydrogen) atoms. The predicted molar refractivity (Wildman–Crippen MR) is 48.6 cm³/mol. The third-order valence-electron chi connectivity index (χ3n) is 0.892. The van der Waals surface area contributed by atoms with Crippen molar-refractivity contribution in [2.75, 3.05) is 6.54 Å². The first-order chi connectivity index (χ1) is 5.02. The Morgan fingerprint density at radius 2 is 1.91 bits per heavy atom. The fourth-order valence-corrected chi connectivity index (χ4v) is 0.520. The standard InChI is InChI=1S/C7H14N4/c1-5(11-7(3)9)4-10-6(2)8/h3-4,9H2,1-2H3,(H2,8,10). The van der Waals surface area contributed by atoms with E-state index in [9.17, 15) is 0 Å². The molecule has 0 saturated carbocycles. The molecular weight excluding hydrogens is 140 g/mol. The van der Waals surface area contributed by atoms with Gasteiger partial charge in [0.2, 0.25) is 0 Å². The Labute approximate surface area is 66.7 Å². The molecule has 0 heterocycles. The molecule has 4 N–H and O–H groups in total. The number of hydrogen-bond donors (Lipinski definition) is 2. The van der Waals surface area contributed by atoms with Gasteiger partial charge in [-0.3, -0.25) is 4.99 Å². The van der Waals surface area contributed by atoms with Crippen LogP contribution in [0, 0.1) is 0 Å². The van der Waals surface area contributed by atoms with Gasteiger partial charge < -0.3 is 11.5 Å². The average molecular weight is 154 g/mol. The van der Waals surface area contributed by atoms with Gasteiger partial charge in [0.05, 0.1) is 12.4 Å². The van der Waals surface area contributed by atoms with Crippen molar-refractivity contribution in [2.24, 2.45) is 21.5 Å². The van der Waals surface area contributed by atoms with Gasteiger partial charge in [-0.25, -0.2) is 4.99 Å². The van der Waals surface area contributed by atoms with E-state index < -0.39 is 0 Å². The molecule has 0 amide bonds. The van der Waals surface area contributed by atoms with Crippen LogP contribution in [0.4, 0.5) is 0 Å². The van der Waals surface area contributed by atoms with E-state index in [1.165, 1.54) is 0 Å². The first-order valence-electron chi connectivity index (χ1n) is 3.27. The lowest BCUT2D eigenvalue weighted by molar-refractivity contribution is 1.19. The number of nitrogens with two attached hydrogens (primary N) is 2. The third-order valence-corrected chi connectivity index (χ3v) is 0.892. The van der Waals surface area contributed by atoms with E-state index in [-0.39, 0.29) is 0 Å². The Morgan fingerprint density at radius 1 is 1.36 bits per heavy atom. The number of nitrogens with zero attached hydrogens (tertiary/aromatic N) is 2. The van der Waals surface area contributed by atoms with Gasteiger partial charge in [0.1, 0.15) is 5.82 Å². The first kappa shape index (κ1) is 9.68. The van der Waals surface area contributed by atoms with Crippen molar-refractivity contribution in [3.8, 4) is 0 Å². The predicted octanol–water partition coefficient (Wildman–Crippen LogP) is 0.254. The minimum absolute atomic E-state index is 0.298. The van der Waals surface area contributed by atoms with Gasteiger partial charge in [-0.15, -0.1) is 0 Å². The van der Waals surface area contributed by atoms with Crippen LogP contribution in [0.1, 0.15) is 13.8 Å². The minimum atomic E-state index is 0.298. The average Bonchev–Trinajstić information content (AvgIpc) is 1.82. The van der Waals surface area contributed by atoms with Crippen LogP contribution in [0.3, 0.4) is 0 Å². The molecule has 0 rings (SSSR count). The molecule has 0 aliphatic carbocycles. The van der Waals surface area contributed by atoms with Crippen molar-refractivity contribution in [1.82, 2.24) is 0 Å². The molecule has 0 aliphatic heterocycles. The largest absolute Gasteiger partial charge is 0.388 e. The Hall–Kier alpha value is -1.32. The Morgan fingerprint density at radius 3 is 2.27 bits per heavy atom. The summed E-state index contributed by atoms with van der Waals surface area (Å²) in [5, 5.41) is 0. The van der Waals surface area contributed by atoms with E-state index in [4.69, 9.17) is 11.5 Å². The second-order valence-corrected chi connectivity index (χ2v) is 2.30. The number of rotatable bonds is 3. The molecule has 62 valence electrons.